The summed E-state index contributed by atoms with van der Waals surface area (Å²) in [6.45, 7) is 1.74. The lowest BCUT2D eigenvalue weighted by Gasteiger charge is -2.35. The van der Waals surface area contributed by atoms with Crippen LogP contribution in [0, 0.1) is 5.92 Å². The molecule has 0 aliphatic carbocycles. The Morgan fingerprint density at radius 1 is 1.47 bits per heavy atom. The van der Waals surface area contributed by atoms with Gasteiger partial charge in [-0.3, -0.25) is 9.69 Å². The Morgan fingerprint density at radius 2 is 2.24 bits per heavy atom. The molecule has 2 heterocycles. The number of likely N-dealkylation sites (tertiary alicyclic amines) is 1. The molecule has 1 fully saturated rings. The molecule has 5 nitrogen and oxygen atoms in total. The molecule has 0 spiro atoms. The zero-order valence-corrected chi connectivity index (χ0v) is 9.17. The summed E-state index contributed by atoms with van der Waals surface area (Å²) in [5, 5.41) is 8.77. The molecule has 1 saturated heterocycles. The quantitative estimate of drug-likeness (QED) is 0.865. The number of carboxylic acid groups (broad SMARTS) is 1. The second-order valence-electron chi connectivity index (χ2n) is 4.30. The summed E-state index contributed by atoms with van der Waals surface area (Å²) in [5.41, 5.74) is 1.62. The number of carbonyl (C=O) groups is 1. The van der Waals surface area contributed by atoms with E-state index in [1.807, 2.05) is 29.2 Å². The standard InChI is InChI=1S/C12H12N2O3/c15-12(16)8-5-14(6-8)7-11-13-9-3-1-2-4-10(9)17-11/h1-4,8H,5-7H2,(H,15,16). The molecule has 0 unspecified atom stereocenters. The highest BCUT2D eigenvalue weighted by molar-refractivity contribution is 5.72. The molecule has 0 radical (unpaired) electrons. The fourth-order valence-electron chi connectivity index (χ4n) is 2.03. The van der Waals surface area contributed by atoms with Gasteiger partial charge in [-0.05, 0) is 12.1 Å². The van der Waals surface area contributed by atoms with Gasteiger partial charge in [-0.2, -0.15) is 0 Å². The molecule has 1 N–H and O–H groups in total. The van der Waals surface area contributed by atoms with E-state index in [1.165, 1.54) is 0 Å². The lowest BCUT2D eigenvalue weighted by molar-refractivity contribution is -0.147. The SMILES string of the molecule is O=C(O)C1CN(Cc2nc3ccccc3o2)C1. The zero-order valence-electron chi connectivity index (χ0n) is 9.17. The summed E-state index contributed by atoms with van der Waals surface area (Å²) >= 11 is 0. The number of benzene rings is 1. The van der Waals surface area contributed by atoms with Gasteiger partial charge in [-0.15, -0.1) is 0 Å². The van der Waals surface area contributed by atoms with Gasteiger partial charge >= 0.3 is 5.97 Å². The molecule has 0 bridgehead atoms. The second kappa shape index (κ2) is 3.85. The van der Waals surface area contributed by atoms with Crippen molar-refractivity contribution in [3.8, 4) is 0 Å². The molecular weight excluding hydrogens is 220 g/mol. The minimum Gasteiger partial charge on any atom is -0.481 e. The zero-order chi connectivity index (χ0) is 11.8. The number of carboxylic acids is 1. The first-order chi connectivity index (χ1) is 8.22. The van der Waals surface area contributed by atoms with E-state index in [0.29, 0.717) is 25.5 Å². The summed E-state index contributed by atoms with van der Waals surface area (Å²) in [6.07, 6.45) is 0. The van der Waals surface area contributed by atoms with Gasteiger partial charge in [0.15, 0.2) is 5.58 Å². The van der Waals surface area contributed by atoms with E-state index in [0.717, 1.165) is 11.1 Å². The molecule has 0 saturated carbocycles. The Kier molecular flexibility index (Phi) is 2.33. The van der Waals surface area contributed by atoms with Crippen LogP contribution in [0.25, 0.3) is 11.1 Å². The number of aliphatic carboxylic acids is 1. The van der Waals surface area contributed by atoms with Crippen LogP contribution in [0.5, 0.6) is 0 Å². The molecule has 88 valence electrons. The first-order valence-electron chi connectivity index (χ1n) is 5.52. The second-order valence-corrected chi connectivity index (χ2v) is 4.30. The van der Waals surface area contributed by atoms with E-state index in [4.69, 9.17) is 9.52 Å². The maximum Gasteiger partial charge on any atom is 0.309 e. The number of rotatable bonds is 3. The van der Waals surface area contributed by atoms with Gasteiger partial charge < -0.3 is 9.52 Å². The maximum absolute atomic E-state index is 10.7. The van der Waals surface area contributed by atoms with Gasteiger partial charge in [0.1, 0.15) is 5.52 Å². The van der Waals surface area contributed by atoms with Crippen LogP contribution in [-0.2, 0) is 11.3 Å². The third-order valence-corrected chi connectivity index (χ3v) is 3.00. The predicted molar refractivity (Wildman–Crippen MR) is 60.4 cm³/mol. The third kappa shape index (κ3) is 1.89. The Bertz CT molecular complexity index is 525. The smallest absolute Gasteiger partial charge is 0.309 e. The molecular formula is C12H12N2O3. The molecule has 1 aromatic heterocycles. The molecule has 1 aromatic carbocycles. The third-order valence-electron chi connectivity index (χ3n) is 3.00. The van der Waals surface area contributed by atoms with Gasteiger partial charge in [-0.1, -0.05) is 12.1 Å². The van der Waals surface area contributed by atoms with Gasteiger partial charge in [0.05, 0.1) is 12.5 Å². The largest absolute Gasteiger partial charge is 0.481 e. The highest BCUT2D eigenvalue weighted by atomic mass is 16.4. The molecule has 17 heavy (non-hydrogen) atoms. The van der Waals surface area contributed by atoms with Crippen molar-refractivity contribution in [1.82, 2.24) is 9.88 Å². The summed E-state index contributed by atoms with van der Waals surface area (Å²) in [4.78, 5) is 17.0. The van der Waals surface area contributed by atoms with E-state index in [9.17, 15) is 4.79 Å². The Hall–Kier alpha value is -1.88. The van der Waals surface area contributed by atoms with Crippen LogP contribution in [0.2, 0.25) is 0 Å². The fourth-order valence-corrected chi connectivity index (χ4v) is 2.03. The van der Waals surface area contributed by atoms with Crippen molar-refractivity contribution < 1.29 is 14.3 Å². The van der Waals surface area contributed by atoms with Gasteiger partial charge in [0, 0.05) is 13.1 Å². The summed E-state index contributed by atoms with van der Waals surface area (Å²) in [5.74, 6) is -0.312. The summed E-state index contributed by atoms with van der Waals surface area (Å²) in [7, 11) is 0. The highest BCUT2D eigenvalue weighted by Crippen LogP contribution is 2.21. The van der Waals surface area contributed by atoms with Crippen LogP contribution in [0.3, 0.4) is 0 Å². The first-order valence-corrected chi connectivity index (χ1v) is 5.52. The average Bonchev–Trinajstić information content (AvgIpc) is 2.64. The monoisotopic (exact) mass is 232 g/mol. The Morgan fingerprint density at radius 3 is 2.94 bits per heavy atom. The van der Waals surface area contributed by atoms with E-state index in [2.05, 4.69) is 4.98 Å². The molecule has 2 aromatic rings. The topological polar surface area (TPSA) is 66.6 Å². The van der Waals surface area contributed by atoms with Crippen LogP contribution in [-0.4, -0.2) is 34.0 Å². The fraction of sp³-hybridized carbons (Fsp3) is 0.333. The van der Waals surface area contributed by atoms with E-state index in [-0.39, 0.29) is 5.92 Å². The van der Waals surface area contributed by atoms with Crippen molar-refractivity contribution in [2.75, 3.05) is 13.1 Å². The summed E-state index contributed by atoms with van der Waals surface area (Å²) in [6, 6.07) is 7.60. The van der Waals surface area contributed by atoms with Crippen molar-refractivity contribution in [3.63, 3.8) is 0 Å². The highest BCUT2D eigenvalue weighted by Gasteiger charge is 2.33. The molecule has 3 rings (SSSR count). The molecule has 1 aliphatic rings. The number of hydrogen-bond acceptors (Lipinski definition) is 4. The predicted octanol–water partition coefficient (Wildman–Crippen LogP) is 1.34. The normalized spacial score (nSPS) is 17.2. The Labute approximate surface area is 97.7 Å². The number of nitrogens with zero attached hydrogens (tertiary/aromatic N) is 2. The number of aromatic nitrogens is 1. The van der Waals surface area contributed by atoms with Crippen molar-refractivity contribution in [1.29, 1.82) is 0 Å². The van der Waals surface area contributed by atoms with Crippen LogP contribution < -0.4 is 0 Å². The molecule has 0 amide bonds. The van der Waals surface area contributed by atoms with E-state index >= 15 is 0 Å². The molecule has 1 aliphatic heterocycles. The van der Waals surface area contributed by atoms with Crippen molar-refractivity contribution in [3.05, 3.63) is 30.2 Å². The van der Waals surface area contributed by atoms with Crippen LogP contribution in [0.1, 0.15) is 5.89 Å². The van der Waals surface area contributed by atoms with Gasteiger partial charge in [0.25, 0.3) is 0 Å². The van der Waals surface area contributed by atoms with Crippen LogP contribution in [0.4, 0.5) is 0 Å². The number of hydrogen-bond donors (Lipinski definition) is 1. The van der Waals surface area contributed by atoms with E-state index < -0.39 is 5.97 Å². The average molecular weight is 232 g/mol. The number of oxazole rings is 1. The van der Waals surface area contributed by atoms with Crippen molar-refractivity contribution in [2.24, 2.45) is 5.92 Å². The van der Waals surface area contributed by atoms with Gasteiger partial charge in [0.2, 0.25) is 5.89 Å². The molecule has 5 heteroatoms. The lowest BCUT2D eigenvalue weighted by atomic mass is 10.0. The minimum atomic E-state index is -0.723. The van der Waals surface area contributed by atoms with Crippen molar-refractivity contribution in [2.45, 2.75) is 6.54 Å². The number of para-hydroxylation sites is 2. The van der Waals surface area contributed by atoms with E-state index in [1.54, 1.807) is 0 Å². The molecule has 0 atom stereocenters. The van der Waals surface area contributed by atoms with Crippen LogP contribution in [0.15, 0.2) is 28.7 Å². The number of fused-ring (bicyclic) bond motifs is 1. The Balaban J connectivity index is 1.68. The van der Waals surface area contributed by atoms with Crippen LogP contribution >= 0.6 is 0 Å². The first kappa shape index (κ1) is 10.3. The van der Waals surface area contributed by atoms with Gasteiger partial charge in [-0.25, -0.2) is 4.98 Å². The minimum absolute atomic E-state index is 0.237. The summed E-state index contributed by atoms with van der Waals surface area (Å²) < 4.78 is 5.57. The lowest BCUT2D eigenvalue weighted by Crippen LogP contribution is -2.49. The maximum atomic E-state index is 10.7. The van der Waals surface area contributed by atoms with Crippen molar-refractivity contribution >= 4 is 17.1 Å².